The number of nitrogens with zero attached hydrogens (tertiary/aromatic N) is 1. The molecule has 4 nitrogen and oxygen atoms in total. The number of amides is 2. The van der Waals surface area contributed by atoms with Gasteiger partial charge in [0.25, 0.3) is 0 Å². The van der Waals surface area contributed by atoms with Gasteiger partial charge in [-0.2, -0.15) is 0 Å². The van der Waals surface area contributed by atoms with Gasteiger partial charge < -0.3 is 10.2 Å². The van der Waals surface area contributed by atoms with Gasteiger partial charge in [-0.3, -0.25) is 9.59 Å². The summed E-state index contributed by atoms with van der Waals surface area (Å²) in [6.07, 6.45) is 0. The number of carbonyl (C=O) groups excluding carboxylic acids is 2. The number of carbonyl (C=O) groups is 2. The van der Waals surface area contributed by atoms with E-state index in [2.05, 4.69) is 5.32 Å². The highest BCUT2D eigenvalue weighted by molar-refractivity contribution is 5.93. The van der Waals surface area contributed by atoms with Gasteiger partial charge in [-0.1, -0.05) is 74.5 Å². The van der Waals surface area contributed by atoms with Gasteiger partial charge >= 0.3 is 0 Å². The average molecular weight is 336 g/mol. The van der Waals surface area contributed by atoms with Crippen LogP contribution in [0.3, 0.4) is 0 Å². The third-order valence-corrected chi connectivity index (χ3v) is 4.68. The lowest BCUT2D eigenvalue weighted by atomic mass is 9.88. The highest BCUT2D eigenvalue weighted by atomic mass is 16.2. The van der Waals surface area contributed by atoms with E-state index < -0.39 is 12.0 Å². The molecule has 1 fully saturated rings. The average Bonchev–Trinajstić information content (AvgIpc) is 2.63. The van der Waals surface area contributed by atoms with Gasteiger partial charge in [0.05, 0.1) is 5.92 Å². The van der Waals surface area contributed by atoms with Crippen LogP contribution in [0.2, 0.25) is 0 Å². The second kappa shape index (κ2) is 7.51. The highest BCUT2D eigenvalue weighted by Gasteiger charge is 2.38. The van der Waals surface area contributed by atoms with E-state index in [1.165, 1.54) is 0 Å². The fourth-order valence-electron chi connectivity index (χ4n) is 3.53. The van der Waals surface area contributed by atoms with Crippen molar-refractivity contribution in [2.75, 3.05) is 13.1 Å². The maximum atomic E-state index is 13.5. The lowest BCUT2D eigenvalue weighted by Gasteiger charge is -2.39. The molecule has 0 saturated carbocycles. The summed E-state index contributed by atoms with van der Waals surface area (Å²) in [7, 11) is 0. The van der Waals surface area contributed by atoms with Gasteiger partial charge in [-0.15, -0.1) is 0 Å². The molecular formula is C21H24N2O2. The molecule has 1 aliphatic rings. The minimum absolute atomic E-state index is 0.00838. The summed E-state index contributed by atoms with van der Waals surface area (Å²) in [5.74, 6) is -0.397. The van der Waals surface area contributed by atoms with Crippen LogP contribution in [0.25, 0.3) is 0 Å². The van der Waals surface area contributed by atoms with Crippen LogP contribution in [-0.2, 0) is 9.59 Å². The van der Waals surface area contributed by atoms with Crippen LogP contribution in [0.4, 0.5) is 0 Å². The van der Waals surface area contributed by atoms with Crippen molar-refractivity contribution < 1.29 is 9.59 Å². The molecule has 3 rings (SSSR count). The summed E-state index contributed by atoms with van der Waals surface area (Å²) in [5, 5.41) is 2.88. The largest absolute Gasteiger partial charge is 0.353 e. The molecule has 0 aromatic heterocycles. The lowest BCUT2D eigenvalue weighted by Crippen LogP contribution is -2.60. The van der Waals surface area contributed by atoms with Crippen molar-refractivity contribution in [1.82, 2.24) is 10.2 Å². The first-order chi connectivity index (χ1) is 12.1. The predicted octanol–water partition coefficient (Wildman–Crippen LogP) is 2.80. The van der Waals surface area contributed by atoms with Crippen LogP contribution in [0.15, 0.2) is 60.7 Å². The molecule has 0 radical (unpaired) electrons. The third-order valence-electron chi connectivity index (χ3n) is 4.68. The molecule has 1 atom stereocenters. The van der Waals surface area contributed by atoms with Gasteiger partial charge in [-0.05, 0) is 17.0 Å². The van der Waals surface area contributed by atoms with Crippen molar-refractivity contribution in [3.8, 4) is 0 Å². The van der Waals surface area contributed by atoms with E-state index in [1.54, 1.807) is 4.90 Å². The number of rotatable bonds is 4. The first-order valence-corrected chi connectivity index (χ1v) is 8.77. The summed E-state index contributed by atoms with van der Waals surface area (Å²) in [6, 6.07) is 19.2. The molecule has 1 N–H and O–H groups in total. The van der Waals surface area contributed by atoms with Crippen LogP contribution in [-0.4, -0.2) is 35.8 Å². The number of hydrogen-bond donors (Lipinski definition) is 1. The zero-order valence-corrected chi connectivity index (χ0v) is 14.7. The van der Waals surface area contributed by atoms with E-state index in [1.807, 2.05) is 74.5 Å². The van der Waals surface area contributed by atoms with Gasteiger partial charge in [0.15, 0.2) is 0 Å². The lowest BCUT2D eigenvalue weighted by molar-refractivity contribution is -0.145. The van der Waals surface area contributed by atoms with Crippen molar-refractivity contribution >= 4 is 11.8 Å². The van der Waals surface area contributed by atoms with Gasteiger partial charge in [0, 0.05) is 13.1 Å². The Labute approximate surface area is 148 Å². The fourth-order valence-corrected chi connectivity index (χ4v) is 3.53. The monoisotopic (exact) mass is 336 g/mol. The molecule has 130 valence electrons. The minimum Gasteiger partial charge on any atom is -0.353 e. The number of nitrogens with one attached hydrogen (secondary N) is 1. The maximum Gasteiger partial charge on any atom is 0.243 e. The van der Waals surface area contributed by atoms with Gasteiger partial charge in [-0.25, -0.2) is 0 Å². The first kappa shape index (κ1) is 17.2. The molecule has 2 aromatic rings. The topological polar surface area (TPSA) is 49.4 Å². The number of hydrogen-bond acceptors (Lipinski definition) is 2. The summed E-state index contributed by atoms with van der Waals surface area (Å²) in [5.41, 5.74) is 1.90. The van der Waals surface area contributed by atoms with E-state index in [0.29, 0.717) is 13.1 Å². The molecule has 0 bridgehead atoms. The Morgan fingerprint density at radius 3 is 2.00 bits per heavy atom. The van der Waals surface area contributed by atoms with Crippen LogP contribution in [0.1, 0.15) is 30.9 Å². The van der Waals surface area contributed by atoms with E-state index in [-0.39, 0.29) is 17.7 Å². The Kier molecular flexibility index (Phi) is 5.17. The van der Waals surface area contributed by atoms with Crippen molar-refractivity contribution in [1.29, 1.82) is 0 Å². The molecule has 1 aliphatic heterocycles. The molecule has 25 heavy (non-hydrogen) atoms. The van der Waals surface area contributed by atoms with Crippen LogP contribution in [0, 0.1) is 5.92 Å². The number of benzene rings is 2. The fraction of sp³-hybridized carbons (Fsp3) is 0.333. The molecule has 2 amide bonds. The summed E-state index contributed by atoms with van der Waals surface area (Å²) in [6.45, 7) is 5.01. The Morgan fingerprint density at radius 2 is 1.52 bits per heavy atom. The smallest absolute Gasteiger partial charge is 0.243 e. The summed E-state index contributed by atoms with van der Waals surface area (Å²) in [4.78, 5) is 27.6. The zero-order valence-electron chi connectivity index (χ0n) is 14.7. The van der Waals surface area contributed by atoms with Crippen LogP contribution >= 0.6 is 0 Å². The third kappa shape index (κ3) is 3.58. The van der Waals surface area contributed by atoms with Gasteiger partial charge in [0.2, 0.25) is 11.8 Å². The standard InChI is InChI=1S/C21H24N2O2/c1-15(2)19-20(24)22-13-14-23(19)21(25)18(16-9-5-3-6-10-16)17-11-7-4-8-12-17/h3-12,15,18-19H,13-14H2,1-2H3,(H,22,24). The molecule has 4 heteroatoms. The Morgan fingerprint density at radius 1 is 1.00 bits per heavy atom. The van der Waals surface area contributed by atoms with E-state index >= 15 is 0 Å². The van der Waals surface area contributed by atoms with E-state index in [9.17, 15) is 9.59 Å². The Hall–Kier alpha value is -2.62. The van der Waals surface area contributed by atoms with Crippen LogP contribution in [0.5, 0.6) is 0 Å². The van der Waals surface area contributed by atoms with Crippen LogP contribution < -0.4 is 5.32 Å². The Bertz CT molecular complexity index is 689. The number of piperazine rings is 1. The molecule has 1 unspecified atom stereocenters. The van der Waals surface area contributed by atoms with Crippen molar-refractivity contribution in [2.45, 2.75) is 25.8 Å². The SMILES string of the molecule is CC(C)C1C(=O)NCCN1C(=O)C(c1ccccc1)c1ccccc1. The second-order valence-corrected chi connectivity index (χ2v) is 6.77. The maximum absolute atomic E-state index is 13.5. The predicted molar refractivity (Wildman–Crippen MR) is 98.1 cm³/mol. The van der Waals surface area contributed by atoms with E-state index in [4.69, 9.17) is 0 Å². The molecule has 2 aromatic carbocycles. The molecule has 1 heterocycles. The Balaban J connectivity index is 2.01. The summed E-state index contributed by atoms with van der Waals surface area (Å²) >= 11 is 0. The zero-order chi connectivity index (χ0) is 17.8. The summed E-state index contributed by atoms with van der Waals surface area (Å²) < 4.78 is 0. The molecule has 0 aliphatic carbocycles. The highest BCUT2D eigenvalue weighted by Crippen LogP contribution is 2.29. The molecule has 1 saturated heterocycles. The van der Waals surface area contributed by atoms with E-state index in [0.717, 1.165) is 11.1 Å². The van der Waals surface area contributed by atoms with Crippen molar-refractivity contribution in [3.63, 3.8) is 0 Å². The van der Waals surface area contributed by atoms with Crippen molar-refractivity contribution in [3.05, 3.63) is 71.8 Å². The molecule has 0 spiro atoms. The quantitative estimate of drug-likeness (QED) is 0.933. The second-order valence-electron chi connectivity index (χ2n) is 6.77. The molecular weight excluding hydrogens is 312 g/mol. The minimum atomic E-state index is -0.420. The normalized spacial score (nSPS) is 17.7. The first-order valence-electron chi connectivity index (χ1n) is 8.77. The van der Waals surface area contributed by atoms with Crippen molar-refractivity contribution in [2.24, 2.45) is 5.92 Å². The van der Waals surface area contributed by atoms with Gasteiger partial charge in [0.1, 0.15) is 6.04 Å².